The lowest BCUT2D eigenvalue weighted by atomic mass is 10.3. The van der Waals surface area contributed by atoms with Crippen molar-refractivity contribution in [3.8, 4) is 0 Å². The van der Waals surface area contributed by atoms with Crippen molar-refractivity contribution in [3.63, 3.8) is 0 Å². The van der Waals surface area contributed by atoms with Crippen molar-refractivity contribution >= 4 is 23.2 Å². The van der Waals surface area contributed by atoms with E-state index in [1.165, 1.54) is 17.0 Å². The average molecular weight is 216 g/mol. The smallest absolute Gasteiger partial charge is 0.241 e. The highest BCUT2D eigenvalue weighted by Crippen LogP contribution is 2.14. The number of rotatable bonds is 3. The van der Waals surface area contributed by atoms with Gasteiger partial charge in [0.25, 0.3) is 0 Å². The molecule has 1 rings (SSSR count). The Balaban J connectivity index is 2.89. The van der Waals surface area contributed by atoms with Crippen LogP contribution in [0.15, 0.2) is 24.3 Å². The number of anilines is 1. The van der Waals surface area contributed by atoms with Crippen LogP contribution in [0.4, 0.5) is 10.1 Å². The van der Waals surface area contributed by atoms with Crippen LogP contribution in [0.25, 0.3) is 0 Å². The minimum absolute atomic E-state index is 0.0643. The van der Waals surface area contributed by atoms with Crippen molar-refractivity contribution in [1.82, 2.24) is 0 Å². The van der Waals surface area contributed by atoms with Gasteiger partial charge in [-0.3, -0.25) is 4.79 Å². The van der Waals surface area contributed by atoms with Gasteiger partial charge in [-0.15, -0.1) is 11.6 Å². The SMILES string of the molecule is CCN(C(=O)CCl)c1ccc(F)cc1. The minimum atomic E-state index is -0.317. The maximum absolute atomic E-state index is 12.6. The van der Waals surface area contributed by atoms with Gasteiger partial charge in [0.05, 0.1) is 0 Å². The van der Waals surface area contributed by atoms with Crippen LogP contribution < -0.4 is 4.90 Å². The molecule has 76 valence electrons. The Bertz CT molecular complexity index is 312. The molecule has 0 aliphatic heterocycles. The number of hydrogen-bond donors (Lipinski definition) is 0. The van der Waals surface area contributed by atoms with Crippen LogP contribution in [0.2, 0.25) is 0 Å². The molecule has 0 aliphatic carbocycles. The predicted molar refractivity (Wildman–Crippen MR) is 55.1 cm³/mol. The zero-order valence-electron chi connectivity index (χ0n) is 7.84. The summed E-state index contributed by atoms with van der Waals surface area (Å²) in [7, 11) is 0. The van der Waals surface area contributed by atoms with Gasteiger partial charge in [0.2, 0.25) is 5.91 Å². The van der Waals surface area contributed by atoms with Gasteiger partial charge in [-0.2, -0.15) is 0 Å². The van der Waals surface area contributed by atoms with Gasteiger partial charge in [-0.05, 0) is 31.2 Å². The quantitative estimate of drug-likeness (QED) is 0.710. The molecule has 0 saturated carbocycles. The molecule has 1 aromatic rings. The van der Waals surface area contributed by atoms with E-state index in [2.05, 4.69) is 0 Å². The molecule has 0 aliphatic rings. The normalized spacial score (nSPS) is 9.93. The lowest BCUT2D eigenvalue weighted by molar-refractivity contribution is -0.116. The van der Waals surface area contributed by atoms with Crippen LogP contribution in [-0.2, 0) is 4.79 Å². The lowest BCUT2D eigenvalue weighted by Gasteiger charge is -2.19. The summed E-state index contributed by atoms with van der Waals surface area (Å²) in [4.78, 5) is 12.8. The van der Waals surface area contributed by atoms with Crippen LogP contribution in [0, 0.1) is 5.82 Å². The second-order valence-corrected chi connectivity index (χ2v) is 3.02. The van der Waals surface area contributed by atoms with Crippen LogP contribution in [0.3, 0.4) is 0 Å². The fraction of sp³-hybridized carbons (Fsp3) is 0.300. The summed E-state index contributed by atoms with van der Waals surface area (Å²) in [6.07, 6.45) is 0. The van der Waals surface area contributed by atoms with Gasteiger partial charge < -0.3 is 4.90 Å². The minimum Gasteiger partial charge on any atom is -0.312 e. The highest BCUT2D eigenvalue weighted by molar-refractivity contribution is 6.29. The summed E-state index contributed by atoms with van der Waals surface area (Å²) in [5.74, 6) is -0.561. The van der Waals surface area contributed by atoms with Gasteiger partial charge in [0, 0.05) is 12.2 Å². The molecule has 4 heteroatoms. The molecular formula is C10H11ClFNO. The van der Waals surface area contributed by atoms with E-state index in [1.807, 2.05) is 6.92 Å². The third-order valence-corrected chi connectivity index (χ3v) is 2.10. The molecule has 0 saturated heterocycles. The molecule has 0 radical (unpaired) electrons. The molecule has 0 spiro atoms. The number of alkyl halides is 1. The summed E-state index contributed by atoms with van der Waals surface area (Å²) in [6.45, 7) is 2.37. The number of hydrogen-bond acceptors (Lipinski definition) is 1. The van der Waals surface area contributed by atoms with E-state index in [-0.39, 0.29) is 17.6 Å². The summed E-state index contributed by atoms with van der Waals surface area (Å²) < 4.78 is 12.6. The van der Waals surface area contributed by atoms with Crippen LogP contribution in [-0.4, -0.2) is 18.3 Å². The Morgan fingerprint density at radius 1 is 1.43 bits per heavy atom. The zero-order chi connectivity index (χ0) is 10.6. The summed E-state index contributed by atoms with van der Waals surface area (Å²) >= 11 is 5.44. The molecule has 0 fully saturated rings. The Morgan fingerprint density at radius 3 is 2.43 bits per heavy atom. The van der Waals surface area contributed by atoms with Gasteiger partial charge >= 0.3 is 0 Å². The molecule has 0 aromatic heterocycles. The van der Waals surface area contributed by atoms with Crippen LogP contribution in [0.5, 0.6) is 0 Å². The van der Waals surface area contributed by atoms with Gasteiger partial charge in [-0.1, -0.05) is 0 Å². The molecule has 1 amide bonds. The maximum atomic E-state index is 12.6. The summed E-state index contributed by atoms with van der Waals surface area (Å²) in [6, 6.07) is 5.76. The number of carbonyl (C=O) groups excluding carboxylic acids is 1. The Hall–Kier alpha value is -1.09. The van der Waals surface area contributed by atoms with E-state index in [4.69, 9.17) is 11.6 Å². The summed E-state index contributed by atoms with van der Waals surface area (Å²) in [5.41, 5.74) is 0.666. The molecule has 0 bridgehead atoms. The molecule has 0 unspecified atom stereocenters. The van der Waals surface area contributed by atoms with Gasteiger partial charge in [-0.25, -0.2) is 4.39 Å². The number of nitrogens with zero attached hydrogens (tertiary/aromatic N) is 1. The highest BCUT2D eigenvalue weighted by Gasteiger charge is 2.11. The molecule has 2 nitrogen and oxygen atoms in total. The fourth-order valence-corrected chi connectivity index (χ4v) is 1.34. The summed E-state index contributed by atoms with van der Waals surface area (Å²) in [5, 5.41) is 0. The van der Waals surface area contributed by atoms with E-state index in [0.717, 1.165) is 0 Å². The molecular weight excluding hydrogens is 205 g/mol. The first-order chi connectivity index (χ1) is 6.69. The maximum Gasteiger partial charge on any atom is 0.241 e. The van der Waals surface area contributed by atoms with Crippen molar-refractivity contribution in [3.05, 3.63) is 30.1 Å². The van der Waals surface area contributed by atoms with Crippen molar-refractivity contribution in [1.29, 1.82) is 0 Å². The highest BCUT2D eigenvalue weighted by atomic mass is 35.5. The first kappa shape index (κ1) is 11.0. The number of amides is 1. The Morgan fingerprint density at radius 2 is 2.00 bits per heavy atom. The fourth-order valence-electron chi connectivity index (χ4n) is 1.20. The molecule has 1 aromatic carbocycles. The average Bonchev–Trinajstić information content (AvgIpc) is 2.21. The molecule has 0 atom stereocenters. The second-order valence-electron chi connectivity index (χ2n) is 2.75. The second kappa shape index (κ2) is 4.96. The van der Waals surface area contributed by atoms with Crippen molar-refractivity contribution in [2.45, 2.75) is 6.92 Å². The predicted octanol–water partition coefficient (Wildman–Crippen LogP) is 2.42. The zero-order valence-corrected chi connectivity index (χ0v) is 8.59. The lowest BCUT2D eigenvalue weighted by Crippen LogP contribution is -2.31. The third-order valence-electron chi connectivity index (χ3n) is 1.87. The van der Waals surface area contributed by atoms with E-state index in [0.29, 0.717) is 12.2 Å². The van der Waals surface area contributed by atoms with Crippen molar-refractivity contribution in [2.75, 3.05) is 17.3 Å². The standard InChI is InChI=1S/C10H11ClFNO/c1-2-13(10(14)7-11)9-5-3-8(12)4-6-9/h3-6H,2,7H2,1H3. The van der Waals surface area contributed by atoms with E-state index in [9.17, 15) is 9.18 Å². The van der Waals surface area contributed by atoms with Gasteiger partial charge in [0.1, 0.15) is 11.7 Å². The van der Waals surface area contributed by atoms with Crippen molar-refractivity contribution < 1.29 is 9.18 Å². The van der Waals surface area contributed by atoms with Crippen molar-refractivity contribution in [2.24, 2.45) is 0 Å². The Kier molecular flexibility index (Phi) is 3.89. The molecule has 0 N–H and O–H groups in total. The molecule has 0 heterocycles. The van der Waals surface area contributed by atoms with E-state index in [1.54, 1.807) is 12.1 Å². The first-order valence-corrected chi connectivity index (χ1v) is 4.84. The van der Waals surface area contributed by atoms with E-state index >= 15 is 0 Å². The number of benzene rings is 1. The number of carbonyl (C=O) groups is 1. The Labute approximate surface area is 87.3 Å². The third kappa shape index (κ3) is 2.45. The molecule has 14 heavy (non-hydrogen) atoms. The van der Waals surface area contributed by atoms with E-state index < -0.39 is 0 Å². The first-order valence-electron chi connectivity index (χ1n) is 4.31. The van der Waals surface area contributed by atoms with Gasteiger partial charge in [0.15, 0.2) is 0 Å². The largest absolute Gasteiger partial charge is 0.312 e. The van der Waals surface area contributed by atoms with Crippen LogP contribution in [0.1, 0.15) is 6.92 Å². The number of halogens is 2. The monoisotopic (exact) mass is 215 g/mol. The topological polar surface area (TPSA) is 20.3 Å². The van der Waals surface area contributed by atoms with Crippen LogP contribution >= 0.6 is 11.6 Å².